The monoisotopic (exact) mass is 336 g/mol. The molecule has 1 aromatic carbocycles. The quantitative estimate of drug-likeness (QED) is 0.934. The molecule has 132 valence electrons. The van der Waals surface area contributed by atoms with Gasteiger partial charge in [0.15, 0.2) is 0 Å². The minimum atomic E-state index is 0.645. The first kappa shape index (κ1) is 15.6. The van der Waals surface area contributed by atoms with E-state index in [1.807, 2.05) is 0 Å². The fraction of sp³-hybridized carbons (Fsp3) is 0.571. The molecule has 4 heterocycles. The van der Waals surface area contributed by atoms with Crippen molar-refractivity contribution >= 4 is 0 Å². The standard InChI is InChI=1S/C21H28N4/c1-15-22-20-9-10-24(13-16-5-3-2-4-6-16)14-21(20)25(15)19-11-17-7-8-18(12-19)23-17/h2-6,17-19,23H,7-14H2,1H3/t17-,18+,19?. The third-order valence-corrected chi connectivity index (χ3v) is 6.37. The van der Waals surface area contributed by atoms with E-state index in [4.69, 9.17) is 4.98 Å². The third kappa shape index (κ3) is 2.91. The van der Waals surface area contributed by atoms with Gasteiger partial charge >= 0.3 is 0 Å². The minimum absolute atomic E-state index is 0.645. The Labute approximate surface area is 150 Å². The average Bonchev–Trinajstić information content (AvgIpc) is 3.13. The highest BCUT2D eigenvalue weighted by Gasteiger charge is 2.36. The van der Waals surface area contributed by atoms with Crippen molar-refractivity contribution in [2.24, 2.45) is 0 Å². The van der Waals surface area contributed by atoms with Crippen LogP contribution in [0.25, 0.3) is 0 Å². The fourth-order valence-corrected chi connectivity index (χ4v) is 5.27. The van der Waals surface area contributed by atoms with Crippen molar-refractivity contribution < 1.29 is 0 Å². The van der Waals surface area contributed by atoms with E-state index >= 15 is 0 Å². The molecule has 0 amide bonds. The molecular weight excluding hydrogens is 308 g/mol. The van der Waals surface area contributed by atoms with Crippen molar-refractivity contribution in [3.63, 3.8) is 0 Å². The Bertz CT molecular complexity index is 739. The molecule has 5 rings (SSSR count). The number of aromatic nitrogens is 2. The Morgan fingerprint density at radius 1 is 1.12 bits per heavy atom. The Balaban J connectivity index is 1.39. The van der Waals surface area contributed by atoms with Crippen LogP contribution in [0.15, 0.2) is 30.3 Å². The van der Waals surface area contributed by atoms with Crippen molar-refractivity contribution in [2.45, 2.75) is 70.2 Å². The summed E-state index contributed by atoms with van der Waals surface area (Å²) in [5.74, 6) is 1.23. The number of imidazole rings is 1. The minimum Gasteiger partial charge on any atom is -0.328 e. The van der Waals surface area contributed by atoms with Gasteiger partial charge in [-0.25, -0.2) is 4.98 Å². The van der Waals surface area contributed by atoms with Crippen LogP contribution >= 0.6 is 0 Å². The summed E-state index contributed by atoms with van der Waals surface area (Å²) < 4.78 is 2.61. The molecule has 2 fully saturated rings. The van der Waals surface area contributed by atoms with Crippen molar-refractivity contribution in [1.82, 2.24) is 19.8 Å². The largest absolute Gasteiger partial charge is 0.328 e. The fourth-order valence-electron chi connectivity index (χ4n) is 5.27. The van der Waals surface area contributed by atoms with Crippen molar-refractivity contribution in [3.8, 4) is 0 Å². The first-order valence-electron chi connectivity index (χ1n) is 9.85. The second-order valence-corrected chi connectivity index (χ2v) is 8.13. The van der Waals surface area contributed by atoms with E-state index in [0.29, 0.717) is 6.04 Å². The van der Waals surface area contributed by atoms with Crippen LogP contribution in [0, 0.1) is 6.92 Å². The van der Waals surface area contributed by atoms with Gasteiger partial charge in [0, 0.05) is 44.2 Å². The van der Waals surface area contributed by atoms with Gasteiger partial charge in [0.2, 0.25) is 0 Å². The predicted octanol–water partition coefficient (Wildman–Crippen LogP) is 3.21. The van der Waals surface area contributed by atoms with E-state index in [2.05, 4.69) is 52.0 Å². The van der Waals surface area contributed by atoms with Crippen molar-refractivity contribution in [1.29, 1.82) is 0 Å². The van der Waals surface area contributed by atoms with E-state index in [-0.39, 0.29) is 0 Å². The molecule has 0 spiro atoms. The summed E-state index contributed by atoms with van der Waals surface area (Å²) in [5, 5.41) is 3.78. The van der Waals surface area contributed by atoms with E-state index in [9.17, 15) is 0 Å². The molecule has 0 radical (unpaired) electrons. The molecule has 2 saturated heterocycles. The van der Waals surface area contributed by atoms with E-state index in [1.54, 1.807) is 0 Å². The van der Waals surface area contributed by atoms with Crippen LogP contribution in [-0.4, -0.2) is 33.1 Å². The van der Waals surface area contributed by atoms with Gasteiger partial charge in [-0.05, 0) is 38.2 Å². The normalized spacial score (nSPS) is 28.9. The van der Waals surface area contributed by atoms with Crippen molar-refractivity contribution in [3.05, 3.63) is 53.1 Å². The van der Waals surface area contributed by atoms with Gasteiger partial charge in [-0.3, -0.25) is 4.90 Å². The lowest BCUT2D eigenvalue weighted by molar-refractivity contribution is 0.224. The molecule has 2 aromatic rings. The number of piperidine rings is 1. The van der Waals surface area contributed by atoms with E-state index < -0.39 is 0 Å². The van der Waals surface area contributed by atoms with Crippen LogP contribution in [0.3, 0.4) is 0 Å². The number of rotatable bonds is 3. The summed E-state index contributed by atoms with van der Waals surface area (Å²) in [5.41, 5.74) is 4.26. The third-order valence-electron chi connectivity index (χ3n) is 6.37. The first-order valence-corrected chi connectivity index (χ1v) is 9.85. The van der Waals surface area contributed by atoms with Crippen LogP contribution in [0.5, 0.6) is 0 Å². The average molecular weight is 336 g/mol. The summed E-state index contributed by atoms with van der Waals surface area (Å²) in [6, 6.07) is 13.0. The Kier molecular flexibility index (Phi) is 3.90. The lowest BCUT2D eigenvalue weighted by Crippen LogP contribution is -2.40. The molecule has 4 heteroatoms. The molecule has 1 unspecified atom stereocenters. The molecule has 2 bridgehead atoms. The number of hydrogen-bond donors (Lipinski definition) is 1. The molecule has 1 N–H and O–H groups in total. The maximum atomic E-state index is 4.95. The number of hydrogen-bond acceptors (Lipinski definition) is 3. The summed E-state index contributed by atoms with van der Waals surface area (Å²) in [4.78, 5) is 7.54. The Hall–Kier alpha value is -1.65. The molecule has 0 aliphatic carbocycles. The number of nitrogens with zero attached hydrogens (tertiary/aromatic N) is 3. The summed E-state index contributed by atoms with van der Waals surface area (Å²) in [6.07, 6.45) is 6.36. The molecular formula is C21H28N4. The predicted molar refractivity (Wildman–Crippen MR) is 99.4 cm³/mol. The lowest BCUT2D eigenvalue weighted by Gasteiger charge is -2.34. The van der Waals surface area contributed by atoms with Gasteiger partial charge in [0.05, 0.1) is 11.4 Å². The number of benzene rings is 1. The van der Waals surface area contributed by atoms with Gasteiger partial charge < -0.3 is 9.88 Å². The van der Waals surface area contributed by atoms with E-state index in [0.717, 1.165) is 38.1 Å². The lowest BCUT2D eigenvalue weighted by atomic mass is 9.98. The zero-order valence-corrected chi connectivity index (χ0v) is 15.1. The van der Waals surface area contributed by atoms with Gasteiger partial charge in [-0.1, -0.05) is 30.3 Å². The molecule has 4 nitrogen and oxygen atoms in total. The van der Waals surface area contributed by atoms with Crippen LogP contribution < -0.4 is 5.32 Å². The molecule has 3 atom stereocenters. The number of aryl methyl sites for hydroxylation is 1. The van der Waals surface area contributed by atoms with E-state index in [1.165, 1.54) is 48.5 Å². The topological polar surface area (TPSA) is 33.1 Å². The number of nitrogens with one attached hydrogen (secondary N) is 1. The maximum Gasteiger partial charge on any atom is 0.106 e. The Morgan fingerprint density at radius 3 is 2.64 bits per heavy atom. The van der Waals surface area contributed by atoms with Gasteiger partial charge in [0.25, 0.3) is 0 Å². The molecule has 1 aromatic heterocycles. The molecule has 0 saturated carbocycles. The second kappa shape index (κ2) is 6.26. The van der Waals surface area contributed by atoms with Gasteiger partial charge in [-0.2, -0.15) is 0 Å². The Morgan fingerprint density at radius 2 is 1.88 bits per heavy atom. The maximum absolute atomic E-state index is 4.95. The van der Waals surface area contributed by atoms with Crippen LogP contribution in [0.4, 0.5) is 0 Å². The highest BCUT2D eigenvalue weighted by Crippen LogP contribution is 2.37. The SMILES string of the molecule is Cc1nc2c(n1C1C[C@H]3CC[C@@H](C1)N3)CN(Cc1ccccc1)CC2. The smallest absolute Gasteiger partial charge is 0.106 e. The zero-order valence-electron chi connectivity index (χ0n) is 15.1. The summed E-state index contributed by atoms with van der Waals surface area (Å²) in [6.45, 7) is 5.42. The van der Waals surface area contributed by atoms with Gasteiger partial charge in [-0.15, -0.1) is 0 Å². The molecule has 25 heavy (non-hydrogen) atoms. The summed E-state index contributed by atoms with van der Waals surface area (Å²) in [7, 11) is 0. The van der Waals surface area contributed by atoms with Crippen LogP contribution in [-0.2, 0) is 19.5 Å². The van der Waals surface area contributed by atoms with Gasteiger partial charge in [0.1, 0.15) is 5.82 Å². The summed E-state index contributed by atoms with van der Waals surface area (Å²) >= 11 is 0. The first-order chi connectivity index (χ1) is 12.3. The zero-order chi connectivity index (χ0) is 16.8. The molecule has 3 aliphatic heterocycles. The van der Waals surface area contributed by atoms with Crippen LogP contribution in [0.2, 0.25) is 0 Å². The number of fused-ring (bicyclic) bond motifs is 3. The van der Waals surface area contributed by atoms with Crippen LogP contribution in [0.1, 0.15) is 54.5 Å². The van der Waals surface area contributed by atoms with Crippen molar-refractivity contribution in [2.75, 3.05) is 6.54 Å². The second-order valence-electron chi connectivity index (χ2n) is 8.13. The molecule has 3 aliphatic rings. The highest BCUT2D eigenvalue weighted by molar-refractivity contribution is 5.23. The highest BCUT2D eigenvalue weighted by atomic mass is 15.2.